The summed E-state index contributed by atoms with van der Waals surface area (Å²) in [7, 11) is 0. The first-order chi connectivity index (χ1) is 16.0. The number of nitrogens with zero attached hydrogens (tertiary/aromatic N) is 3. The predicted octanol–water partition coefficient (Wildman–Crippen LogP) is 5.73. The van der Waals surface area contributed by atoms with Gasteiger partial charge in [-0.05, 0) is 43.7 Å². The van der Waals surface area contributed by atoms with Crippen molar-refractivity contribution < 1.29 is 19.4 Å². The number of carbonyl (C=O) groups is 1. The summed E-state index contributed by atoms with van der Waals surface area (Å²) < 4.78 is 13.0. The number of carbonyl (C=O) groups excluding carboxylic acids is 1. The van der Waals surface area contributed by atoms with Gasteiger partial charge in [0.1, 0.15) is 18.1 Å². The van der Waals surface area contributed by atoms with E-state index in [0.29, 0.717) is 24.3 Å². The number of hydrogen-bond donors (Lipinski definition) is 1. The second-order valence-electron chi connectivity index (χ2n) is 7.65. The first kappa shape index (κ1) is 22.1. The van der Waals surface area contributed by atoms with E-state index in [9.17, 15) is 9.90 Å². The van der Waals surface area contributed by atoms with E-state index in [1.165, 1.54) is 0 Å². The highest BCUT2D eigenvalue weighted by molar-refractivity contribution is 5.95. The Balaban J connectivity index is 1.47. The molecule has 4 aromatic rings. The SMILES string of the molecule is Cc1ccc(OCC(=O)N=Nc2c(O)n(CCOc3ccccc3C)c3ccccc23)cc1. The lowest BCUT2D eigenvalue weighted by molar-refractivity contribution is -0.120. The molecule has 0 spiro atoms. The van der Waals surface area contributed by atoms with Crippen LogP contribution in [0, 0.1) is 13.8 Å². The van der Waals surface area contributed by atoms with Crippen LogP contribution in [0.25, 0.3) is 10.9 Å². The van der Waals surface area contributed by atoms with Crippen molar-refractivity contribution in [3.63, 3.8) is 0 Å². The monoisotopic (exact) mass is 443 g/mol. The van der Waals surface area contributed by atoms with Crippen LogP contribution in [0.5, 0.6) is 17.4 Å². The fourth-order valence-corrected chi connectivity index (χ4v) is 3.48. The highest BCUT2D eigenvalue weighted by Crippen LogP contribution is 2.38. The Hall–Kier alpha value is -4.13. The molecule has 0 saturated carbocycles. The molecule has 3 aromatic carbocycles. The summed E-state index contributed by atoms with van der Waals surface area (Å²) in [5.74, 6) is 0.764. The summed E-state index contributed by atoms with van der Waals surface area (Å²) in [4.78, 5) is 12.2. The average molecular weight is 444 g/mol. The highest BCUT2D eigenvalue weighted by atomic mass is 16.5. The van der Waals surface area contributed by atoms with Crippen LogP contribution < -0.4 is 9.47 Å². The minimum Gasteiger partial charge on any atom is -0.493 e. The number of aryl methyl sites for hydroxylation is 2. The Morgan fingerprint density at radius 2 is 1.67 bits per heavy atom. The number of benzene rings is 3. The Kier molecular flexibility index (Phi) is 6.69. The van der Waals surface area contributed by atoms with Crippen LogP contribution in [-0.2, 0) is 11.3 Å². The van der Waals surface area contributed by atoms with Gasteiger partial charge in [0.05, 0.1) is 12.1 Å². The molecule has 0 atom stereocenters. The number of rotatable bonds is 8. The Bertz CT molecular complexity index is 1290. The molecule has 0 fully saturated rings. The molecule has 1 N–H and O–H groups in total. The van der Waals surface area contributed by atoms with E-state index < -0.39 is 5.91 Å². The lowest BCUT2D eigenvalue weighted by Gasteiger charge is -2.11. The van der Waals surface area contributed by atoms with Crippen molar-refractivity contribution in [1.82, 2.24) is 4.57 Å². The molecule has 4 rings (SSSR count). The van der Waals surface area contributed by atoms with Gasteiger partial charge >= 0.3 is 5.91 Å². The molecule has 0 saturated heterocycles. The van der Waals surface area contributed by atoms with Crippen LogP contribution in [-0.4, -0.2) is 28.8 Å². The van der Waals surface area contributed by atoms with E-state index in [0.717, 1.165) is 22.4 Å². The third-order valence-electron chi connectivity index (χ3n) is 5.23. The van der Waals surface area contributed by atoms with Gasteiger partial charge in [0.15, 0.2) is 12.3 Å². The van der Waals surface area contributed by atoms with E-state index >= 15 is 0 Å². The molecule has 0 bridgehead atoms. The lowest BCUT2D eigenvalue weighted by atomic mass is 10.2. The van der Waals surface area contributed by atoms with Gasteiger partial charge in [-0.25, -0.2) is 0 Å². The predicted molar refractivity (Wildman–Crippen MR) is 126 cm³/mol. The number of aromatic hydroxyl groups is 1. The average Bonchev–Trinajstić information content (AvgIpc) is 3.09. The molecular formula is C26H25N3O4. The van der Waals surface area contributed by atoms with Crippen molar-refractivity contribution >= 4 is 22.5 Å². The van der Waals surface area contributed by atoms with Gasteiger partial charge in [-0.2, -0.15) is 0 Å². The zero-order valence-electron chi connectivity index (χ0n) is 18.6. The maximum atomic E-state index is 12.2. The fraction of sp³-hybridized carbons (Fsp3) is 0.192. The maximum absolute atomic E-state index is 12.2. The van der Waals surface area contributed by atoms with Crippen LogP contribution in [0.2, 0.25) is 0 Å². The summed E-state index contributed by atoms with van der Waals surface area (Å²) in [6.07, 6.45) is 0. The molecular weight excluding hydrogens is 418 g/mol. The Morgan fingerprint density at radius 1 is 0.939 bits per heavy atom. The molecule has 1 amide bonds. The van der Waals surface area contributed by atoms with Crippen LogP contribution in [0.15, 0.2) is 83.0 Å². The largest absolute Gasteiger partial charge is 0.493 e. The number of aromatic nitrogens is 1. The molecule has 0 aliphatic carbocycles. The topological polar surface area (TPSA) is 85.4 Å². The fourth-order valence-electron chi connectivity index (χ4n) is 3.48. The van der Waals surface area contributed by atoms with E-state index in [2.05, 4.69) is 10.2 Å². The van der Waals surface area contributed by atoms with Crippen molar-refractivity contribution in [2.24, 2.45) is 10.2 Å². The van der Waals surface area contributed by atoms with Crippen LogP contribution in [0.3, 0.4) is 0 Å². The molecule has 168 valence electrons. The number of fused-ring (bicyclic) bond motifs is 1. The zero-order chi connectivity index (χ0) is 23.2. The molecule has 33 heavy (non-hydrogen) atoms. The van der Waals surface area contributed by atoms with Gasteiger partial charge in [-0.3, -0.25) is 4.79 Å². The van der Waals surface area contributed by atoms with Crippen molar-refractivity contribution in [2.45, 2.75) is 20.4 Å². The highest BCUT2D eigenvalue weighted by Gasteiger charge is 2.17. The van der Waals surface area contributed by atoms with Crippen LogP contribution in [0.4, 0.5) is 5.69 Å². The maximum Gasteiger partial charge on any atom is 0.302 e. The number of azo groups is 1. The summed E-state index contributed by atoms with van der Waals surface area (Å²) >= 11 is 0. The molecule has 1 aromatic heterocycles. The second-order valence-corrected chi connectivity index (χ2v) is 7.65. The van der Waals surface area contributed by atoms with Crippen molar-refractivity contribution in [3.8, 4) is 17.4 Å². The summed E-state index contributed by atoms with van der Waals surface area (Å²) in [6, 6.07) is 22.6. The number of amides is 1. The minimum atomic E-state index is -0.547. The standard InChI is InChI=1S/C26H25N3O4/c1-18-11-13-20(14-12-18)33-17-24(30)27-28-25-21-8-4-5-9-22(21)29(26(25)31)15-16-32-23-10-6-3-7-19(23)2/h3-14,31H,15-17H2,1-2H3. The number of hydrogen-bond acceptors (Lipinski definition) is 5. The van der Waals surface area contributed by atoms with Crippen LogP contribution >= 0.6 is 0 Å². The van der Waals surface area contributed by atoms with Gasteiger partial charge in [0.25, 0.3) is 0 Å². The van der Waals surface area contributed by atoms with Gasteiger partial charge < -0.3 is 19.1 Å². The third-order valence-corrected chi connectivity index (χ3v) is 5.23. The summed E-state index contributed by atoms with van der Waals surface area (Å²) in [6.45, 7) is 4.48. The van der Waals surface area contributed by atoms with E-state index in [4.69, 9.17) is 9.47 Å². The van der Waals surface area contributed by atoms with Crippen molar-refractivity contribution in [3.05, 3.63) is 83.9 Å². The molecule has 0 unspecified atom stereocenters. The molecule has 7 nitrogen and oxygen atoms in total. The van der Waals surface area contributed by atoms with Crippen molar-refractivity contribution in [1.29, 1.82) is 0 Å². The van der Waals surface area contributed by atoms with E-state index in [1.807, 2.05) is 74.5 Å². The molecule has 0 aliphatic heterocycles. The third kappa shape index (κ3) is 5.20. The lowest BCUT2D eigenvalue weighted by Crippen LogP contribution is -2.08. The summed E-state index contributed by atoms with van der Waals surface area (Å²) in [5.41, 5.74) is 3.16. The minimum absolute atomic E-state index is 0.0689. The molecule has 0 radical (unpaired) electrons. The first-order valence-electron chi connectivity index (χ1n) is 10.7. The number of ether oxygens (including phenoxy) is 2. The smallest absolute Gasteiger partial charge is 0.302 e. The number of para-hydroxylation sites is 2. The van der Waals surface area contributed by atoms with Gasteiger partial charge in [0.2, 0.25) is 5.88 Å². The first-order valence-corrected chi connectivity index (χ1v) is 10.7. The van der Waals surface area contributed by atoms with E-state index in [1.54, 1.807) is 16.7 Å². The quantitative estimate of drug-likeness (QED) is 0.352. The zero-order valence-corrected chi connectivity index (χ0v) is 18.6. The normalized spacial score (nSPS) is 11.2. The van der Waals surface area contributed by atoms with Crippen LogP contribution in [0.1, 0.15) is 11.1 Å². The van der Waals surface area contributed by atoms with Gasteiger partial charge in [-0.1, -0.05) is 54.1 Å². The Labute approximate surface area is 191 Å². The summed E-state index contributed by atoms with van der Waals surface area (Å²) in [5, 5.41) is 19.3. The molecule has 1 heterocycles. The van der Waals surface area contributed by atoms with Crippen molar-refractivity contribution in [2.75, 3.05) is 13.2 Å². The Morgan fingerprint density at radius 3 is 2.45 bits per heavy atom. The molecule has 0 aliphatic rings. The molecule has 7 heteroatoms. The second kappa shape index (κ2) is 9.99. The van der Waals surface area contributed by atoms with Gasteiger partial charge in [0, 0.05) is 5.39 Å². The van der Waals surface area contributed by atoms with Gasteiger partial charge in [-0.15, -0.1) is 10.2 Å². The van der Waals surface area contributed by atoms with E-state index in [-0.39, 0.29) is 18.2 Å².